The number of nitrogens with two attached hydrogens (primary N) is 1. The molecule has 0 radical (unpaired) electrons. The number of carbonyl (C=O) groups is 2. The summed E-state index contributed by atoms with van der Waals surface area (Å²) in [6.45, 7) is 2.20. The Balaban J connectivity index is 1.50. The fourth-order valence-corrected chi connectivity index (χ4v) is 4.70. The number of amides is 2. The second-order valence-corrected chi connectivity index (χ2v) is 9.28. The first-order valence-corrected chi connectivity index (χ1v) is 12.0. The van der Waals surface area contributed by atoms with E-state index in [0.717, 1.165) is 42.8 Å². The average molecular weight is 475 g/mol. The number of hydrogen-bond donors (Lipinski definition) is 2. The van der Waals surface area contributed by atoms with E-state index in [1.54, 1.807) is 31.2 Å². The SMILES string of the molecule is Cc1nnsc1C(=O)Nc1ccc(CN(C(=O)c2ccc(C#N)cc2)C2CCC(N)CC2)cc1. The van der Waals surface area contributed by atoms with Crippen molar-refractivity contribution in [2.45, 2.75) is 51.2 Å². The third kappa shape index (κ3) is 5.47. The van der Waals surface area contributed by atoms with Gasteiger partial charge in [0.15, 0.2) is 0 Å². The van der Waals surface area contributed by atoms with Crippen LogP contribution in [0, 0.1) is 18.3 Å². The Morgan fingerprint density at radius 3 is 2.38 bits per heavy atom. The van der Waals surface area contributed by atoms with Gasteiger partial charge in [0.25, 0.3) is 11.8 Å². The number of anilines is 1. The molecule has 9 heteroatoms. The van der Waals surface area contributed by atoms with Crippen molar-refractivity contribution in [1.29, 1.82) is 5.26 Å². The summed E-state index contributed by atoms with van der Waals surface area (Å²) in [6, 6.07) is 16.6. The predicted molar refractivity (Wildman–Crippen MR) is 130 cm³/mol. The van der Waals surface area contributed by atoms with Crippen molar-refractivity contribution in [2.75, 3.05) is 5.32 Å². The molecular formula is C25H26N6O2S. The number of nitriles is 1. The van der Waals surface area contributed by atoms with Gasteiger partial charge in [-0.05, 0) is 86.1 Å². The van der Waals surface area contributed by atoms with Crippen LogP contribution in [0.15, 0.2) is 48.5 Å². The van der Waals surface area contributed by atoms with Gasteiger partial charge in [0, 0.05) is 29.9 Å². The van der Waals surface area contributed by atoms with E-state index in [-0.39, 0.29) is 23.9 Å². The Labute approximate surface area is 202 Å². The molecule has 4 rings (SSSR count). The third-order valence-electron chi connectivity index (χ3n) is 6.13. The van der Waals surface area contributed by atoms with E-state index in [4.69, 9.17) is 11.0 Å². The van der Waals surface area contributed by atoms with E-state index >= 15 is 0 Å². The first-order chi connectivity index (χ1) is 16.4. The van der Waals surface area contributed by atoms with E-state index < -0.39 is 0 Å². The second-order valence-electron chi connectivity index (χ2n) is 8.53. The fraction of sp³-hybridized carbons (Fsp3) is 0.320. The molecule has 0 aliphatic heterocycles. The zero-order valence-electron chi connectivity index (χ0n) is 18.9. The number of carbonyl (C=O) groups excluding carboxylic acids is 2. The van der Waals surface area contributed by atoms with Gasteiger partial charge in [0.05, 0.1) is 17.3 Å². The zero-order chi connectivity index (χ0) is 24.1. The van der Waals surface area contributed by atoms with Crippen LogP contribution in [-0.2, 0) is 6.54 Å². The molecule has 3 N–H and O–H groups in total. The van der Waals surface area contributed by atoms with Gasteiger partial charge in [-0.1, -0.05) is 16.6 Å². The molecule has 1 saturated carbocycles. The summed E-state index contributed by atoms with van der Waals surface area (Å²) in [5.41, 5.74) is 9.40. The molecular weight excluding hydrogens is 448 g/mol. The second kappa shape index (κ2) is 10.5. The van der Waals surface area contributed by atoms with Crippen molar-refractivity contribution in [2.24, 2.45) is 5.73 Å². The third-order valence-corrected chi connectivity index (χ3v) is 6.95. The summed E-state index contributed by atoms with van der Waals surface area (Å²) in [5, 5.41) is 15.8. The highest BCUT2D eigenvalue weighted by molar-refractivity contribution is 7.08. The Bertz CT molecular complexity index is 1190. The lowest BCUT2D eigenvalue weighted by molar-refractivity contribution is 0.0606. The molecule has 0 atom stereocenters. The van der Waals surface area contributed by atoms with E-state index in [0.29, 0.717) is 33.9 Å². The number of aromatic nitrogens is 2. The molecule has 3 aromatic rings. The van der Waals surface area contributed by atoms with E-state index in [2.05, 4.69) is 21.0 Å². The maximum absolute atomic E-state index is 13.4. The largest absolute Gasteiger partial charge is 0.331 e. The van der Waals surface area contributed by atoms with E-state index in [1.807, 2.05) is 29.2 Å². The Morgan fingerprint density at radius 1 is 1.12 bits per heavy atom. The van der Waals surface area contributed by atoms with Gasteiger partial charge in [-0.15, -0.1) is 5.10 Å². The lowest BCUT2D eigenvalue weighted by atomic mass is 9.90. The zero-order valence-corrected chi connectivity index (χ0v) is 19.7. The van der Waals surface area contributed by atoms with Crippen LogP contribution in [0.3, 0.4) is 0 Å². The summed E-state index contributed by atoms with van der Waals surface area (Å²) in [4.78, 5) is 28.3. The minimum absolute atomic E-state index is 0.0597. The maximum atomic E-state index is 13.4. The smallest absolute Gasteiger partial charge is 0.269 e. The summed E-state index contributed by atoms with van der Waals surface area (Å²) in [6.07, 6.45) is 3.50. The van der Waals surface area contributed by atoms with Crippen LogP contribution in [0.1, 0.15) is 62.5 Å². The molecule has 2 aromatic carbocycles. The molecule has 0 spiro atoms. The molecule has 34 heavy (non-hydrogen) atoms. The molecule has 1 fully saturated rings. The maximum Gasteiger partial charge on any atom is 0.269 e. The van der Waals surface area contributed by atoms with E-state index in [1.165, 1.54) is 0 Å². The molecule has 174 valence electrons. The minimum atomic E-state index is -0.239. The topological polar surface area (TPSA) is 125 Å². The number of benzene rings is 2. The van der Waals surface area contributed by atoms with Gasteiger partial charge in [-0.25, -0.2) is 0 Å². The van der Waals surface area contributed by atoms with Crippen molar-refractivity contribution >= 4 is 29.0 Å². The van der Waals surface area contributed by atoms with Gasteiger partial charge in [-0.2, -0.15) is 5.26 Å². The van der Waals surface area contributed by atoms with Crippen LogP contribution in [-0.4, -0.2) is 38.4 Å². The number of nitrogens with zero attached hydrogens (tertiary/aromatic N) is 4. The molecule has 0 saturated heterocycles. The Hall–Kier alpha value is -3.61. The van der Waals surface area contributed by atoms with Crippen molar-refractivity contribution in [3.63, 3.8) is 0 Å². The molecule has 1 heterocycles. The molecule has 0 bridgehead atoms. The highest BCUT2D eigenvalue weighted by Crippen LogP contribution is 2.26. The first kappa shape index (κ1) is 23.5. The highest BCUT2D eigenvalue weighted by Gasteiger charge is 2.28. The normalized spacial score (nSPS) is 17.6. The van der Waals surface area contributed by atoms with Gasteiger partial charge < -0.3 is 16.0 Å². The van der Waals surface area contributed by atoms with Gasteiger partial charge in [-0.3, -0.25) is 9.59 Å². The van der Waals surface area contributed by atoms with Gasteiger partial charge in [0.2, 0.25) is 0 Å². The number of nitrogens with one attached hydrogen (secondary N) is 1. The molecule has 1 aliphatic rings. The van der Waals surface area contributed by atoms with Crippen LogP contribution in [0.2, 0.25) is 0 Å². The summed E-state index contributed by atoms with van der Waals surface area (Å²) >= 11 is 1.06. The summed E-state index contributed by atoms with van der Waals surface area (Å²) < 4.78 is 3.80. The lowest BCUT2D eigenvalue weighted by Crippen LogP contribution is -2.43. The van der Waals surface area contributed by atoms with Crippen LogP contribution in [0.5, 0.6) is 0 Å². The standard InChI is InChI=1S/C25H26N6O2S/c1-16-23(34-30-29-16)24(32)28-21-10-4-18(5-11-21)15-31(22-12-8-20(27)9-13-22)25(33)19-6-2-17(14-26)3-7-19/h2-7,10-11,20,22H,8-9,12-13,15,27H2,1H3,(H,28,32). The first-order valence-electron chi connectivity index (χ1n) is 11.2. The van der Waals surface area contributed by atoms with Crippen LogP contribution in [0.4, 0.5) is 5.69 Å². The quantitative estimate of drug-likeness (QED) is 0.558. The predicted octanol–water partition coefficient (Wildman–Crippen LogP) is 3.88. The van der Waals surface area contributed by atoms with Gasteiger partial charge >= 0.3 is 0 Å². The molecule has 2 amide bonds. The number of aryl methyl sites for hydroxylation is 1. The molecule has 1 aliphatic carbocycles. The van der Waals surface area contributed by atoms with Gasteiger partial charge in [0.1, 0.15) is 4.88 Å². The van der Waals surface area contributed by atoms with E-state index in [9.17, 15) is 9.59 Å². The molecule has 1 aromatic heterocycles. The van der Waals surface area contributed by atoms with Crippen molar-refractivity contribution in [1.82, 2.24) is 14.5 Å². The molecule has 8 nitrogen and oxygen atoms in total. The monoisotopic (exact) mass is 474 g/mol. The summed E-state index contributed by atoms with van der Waals surface area (Å²) in [7, 11) is 0. The number of hydrogen-bond acceptors (Lipinski definition) is 7. The number of rotatable bonds is 6. The fourth-order valence-electron chi connectivity index (χ4n) is 4.15. The Morgan fingerprint density at radius 2 is 1.79 bits per heavy atom. The highest BCUT2D eigenvalue weighted by atomic mass is 32.1. The average Bonchev–Trinajstić information content (AvgIpc) is 3.30. The van der Waals surface area contributed by atoms with Crippen LogP contribution >= 0.6 is 11.5 Å². The van der Waals surface area contributed by atoms with Crippen LogP contribution in [0.25, 0.3) is 0 Å². The lowest BCUT2D eigenvalue weighted by Gasteiger charge is -2.36. The van der Waals surface area contributed by atoms with Crippen molar-refractivity contribution < 1.29 is 9.59 Å². The molecule has 0 unspecified atom stereocenters. The van der Waals surface area contributed by atoms with Crippen molar-refractivity contribution in [3.05, 3.63) is 75.8 Å². The Kier molecular flexibility index (Phi) is 7.30. The van der Waals surface area contributed by atoms with Crippen molar-refractivity contribution in [3.8, 4) is 6.07 Å². The van der Waals surface area contributed by atoms with Crippen LogP contribution < -0.4 is 11.1 Å². The summed E-state index contributed by atoms with van der Waals surface area (Å²) in [5.74, 6) is -0.299. The minimum Gasteiger partial charge on any atom is -0.331 e.